The molecule has 1 aliphatic heterocycles. The summed E-state index contributed by atoms with van der Waals surface area (Å²) in [6, 6.07) is 3.29. The average Bonchev–Trinajstić information content (AvgIpc) is 3.41. The minimum Gasteiger partial charge on any atom is -0.396 e. The first-order chi connectivity index (χ1) is 15.3. The number of aryl methyl sites for hydroxylation is 2. The van der Waals surface area contributed by atoms with E-state index in [2.05, 4.69) is 10.3 Å². The largest absolute Gasteiger partial charge is 0.396 e. The summed E-state index contributed by atoms with van der Waals surface area (Å²) in [6.07, 6.45) is -0.289. The number of nitrogens with one attached hydrogen (secondary N) is 1. The third-order valence-corrected chi connectivity index (χ3v) is 8.47. The number of nitrogens with zero attached hydrogens (tertiary/aromatic N) is 3. The first kappa shape index (κ1) is 21.5. The highest BCUT2D eigenvalue weighted by Crippen LogP contribution is 2.37. The Morgan fingerprint density at radius 3 is 2.81 bits per heavy atom. The number of nitrogen functional groups attached to an aromatic ring is 1. The zero-order valence-corrected chi connectivity index (χ0v) is 19.1. The second-order valence-electron chi connectivity index (χ2n) is 8.47. The van der Waals surface area contributed by atoms with Crippen LogP contribution in [0.4, 0.5) is 20.3 Å². The van der Waals surface area contributed by atoms with Crippen LogP contribution in [0.15, 0.2) is 12.1 Å². The highest BCUT2D eigenvalue weighted by Gasteiger charge is 2.37. The molecule has 1 aliphatic carbocycles. The Bertz CT molecular complexity index is 1180. The molecule has 5 rings (SSSR count). The fourth-order valence-electron chi connectivity index (χ4n) is 4.53. The Labute approximate surface area is 191 Å². The summed E-state index contributed by atoms with van der Waals surface area (Å²) >= 11 is 2.83. The van der Waals surface area contributed by atoms with Gasteiger partial charge in [0.1, 0.15) is 15.5 Å². The van der Waals surface area contributed by atoms with E-state index in [0.717, 1.165) is 32.2 Å². The lowest BCUT2D eigenvalue weighted by Crippen LogP contribution is -2.39. The fourth-order valence-corrected chi connectivity index (χ4v) is 6.62. The van der Waals surface area contributed by atoms with Crippen LogP contribution < -0.4 is 21.7 Å². The molecular weight excluding hydrogens is 454 g/mol. The molecule has 0 saturated carbocycles. The number of thiazole rings is 1. The van der Waals surface area contributed by atoms with Gasteiger partial charge in [0.15, 0.2) is 0 Å². The van der Waals surface area contributed by atoms with Gasteiger partial charge in [-0.2, -0.15) is 0 Å². The van der Waals surface area contributed by atoms with E-state index in [1.807, 2.05) is 24.0 Å². The van der Waals surface area contributed by atoms with Crippen molar-refractivity contribution in [3.8, 4) is 0 Å². The van der Waals surface area contributed by atoms with E-state index in [0.29, 0.717) is 35.8 Å². The first-order valence-electron chi connectivity index (χ1n) is 10.5. The predicted molar refractivity (Wildman–Crippen MR) is 124 cm³/mol. The highest BCUT2D eigenvalue weighted by molar-refractivity contribution is 7.29. The highest BCUT2D eigenvalue weighted by atomic mass is 32.1. The molecule has 0 aromatic carbocycles. The average molecular weight is 479 g/mol. The number of nitrogens with two attached hydrogens (primary N) is 2. The summed E-state index contributed by atoms with van der Waals surface area (Å²) in [5, 5.41) is 4.04. The Hall–Kier alpha value is -2.37. The Balaban J connectivity index is 1.26. The van der Waals surface area contributed by atoms with Crippen LogP contribution in [0.5, 0.6) is 0 Å². The molecule has 1 fully saturated rings. The maximum Gasteiger partial charge on any atom is 0.263 e. The molecule has 3 unspecified atom stereocenters. The normalized spacial score (nSPS) is 23.2. The van der Waals surface area contributed by atoms with Gasteiger partial charge >= 0.3 is 0 Å². The molecule has 4 heterocycles. The lowest BCUT2D eigenvalue weighted by Gasteiger charge is -2.26. The van der Waals surface area contributed by atoms with Crippen molar-refractivity contribution >= 4 is 49.6 Å². The van der Waals surface area contributed by atoms with Crippen LogP contribution >= 0.6 is 22.7 Å². The predicted octanol–water partition coefficient (Wildman–Crippen LogP) is 2.96. The minimum atomic E-state index is -2.43. The topological polar surface area (TPSA) is 110 Å². The van der Waals surface area contributed by atoms with E-state index in [-0.39, 0.29) is 18.5 Å². The Morgan fingerprint density at radius 2 is 2.09 bits per heavy atom. The third kappa shape index (κ3) is 3.82. The molecule has 3 atom stereocenters. The number of hydrogen-bond donors (Lipinski definition) is 3. The summed E-state index contributed by atoms with van der Waals surface area (Å²) in [4.78, 5) is 25.2. The molecule has 32 heavy (non-hydrogen) atoms. The van der Waals surface area contributed by atoms with Crippen molar-refractivity contribution in [1.29, 1.82) is 0 Å². The lowest BCUT2D eigenvalue weighted by atomic mass is 9.91. The molecule has 1 amide bonds. The molecule has 2 aliphatic rings. The van der Waals surface area contributed by atoms with Gasteiger partial charge in [0.2, 0.25) is 6.43 Å². The number of thiophene rings is 1. The zero-order chi connectivity index (χ0) is 22.6. The number of rotatable bonds is 4. The third-order valence-electron chi connectivity index (χ3n) is 6.24. The van der Waals surface area contributed by atoms with Crippen molar-refractivity contribution < 1.29 is 13.6 Å². The van der Waals surface area contributed by atoms with Crippen LogP contribution in [0.2, 0.25) is 0 Å². The van der Waals surface area contributed by atoms with Crippen molar-refractivity contribution in [2.45, 2.75) is 44.7 Å². The number of aromatic nitrogens is 2. The van der Waals surface area contributed by atoms with Crippen molar-refractivity contribution in [1.82, 2.24) is 15.3 Å². The molecule has 0 bridgehead atoms. The number of carbonyl (C=O) groups excluding carboxylic acids is 1. The maximum atomic E-state index is 13.1. The van der Waals surface area contributed by atoms with E-state index in [1.54, 1.807) is 0 Å². The van der Waals surface area contributed by atoms with Crippen LogP contribution in [0.1, 0.15) is 32.4 Å². The van der Waals surface area contributed by atoms with Crippen LogP contribution in [-0.2, 0) is 12.8 Å². The number of alkyl halides is 2. The van der Waals surface area contributed by atoms with Crippen molar-refractivity contribution in [2.24, 2.45) is 11.7 Å². The number of carbonyl (C=O) groups is 1. The molecule has 170 valence electrons. The van der Waals surface area contributed by atoms with Gasteiger partial charge < -0.3 is 21.7 Å². The van der Waals surface area contributed by atoms with Crippen molar-refractivity contribution in [2.75, 3.05) is 23.7 Å². The smallest absolute Gasteiger partial charge is 0.263 e. The van der Waals surface area contributed by atoms with E-state index in [4.69, 9.17) is 16.5 Å². The summed E-state index contributed by atoms with van der Waals surface area (Å²) < 4.78 is 27.1. The van der Waals surface area contributed by atoms with Gasteiger partial charge in [0.05, 0.1) is 21.3 Å². The lowest BCUT2D eigenvalue weighted by molar-refractivity contribution is 0.0804. The fraction of sp³-hybridized carbons (Fsp3) is 0.476. The van der Waals surface area contributed by atoms with Crippen LogP contribution in [0.3, 0.4) is 0 Å². The molecule has 5 N–H and O–H groups in total. The van der Waals surface area contributed by atoms with Crippen molar-refractivity contribution in [3.05, 3.63) is 33.3 Å². The van der Waals surface area contributed by atoms with Gasteiger partial charge in [0.25, 0.3) is 5.91 Å². The monoisotopic (exact) mass is 478 g/mol. The SMILES string of the molecule is Cc1nc2sc(C(=O)NC3CCc4nc(N5CC(N)C(C(F)F)C5)ccc4C3)c(N)c2s1. The second kappa shape index (κ2) is 8.20. The van der Waals surface area contributed by atoms with Gasteiger partial charge in [-0.15, -0.1) is 22.7 Å². The van der Waals surface area contributed by atoms with Gasteiger partial charge in [-0.25, -0.2) is 18.7 Å². The number of amides is 1. The summed E-state index contributed by atoms with van der Waals surface area (Å²) in [7, 11) is 0. The molecule has 7 nitrogen and oxygen atoms in total. The minimum absolute atomic E-state index is 0.0136. The van der Waals surface area contributed by atoms with Gasteiger partial charge in [-0.05, 0) is 37.8 Å². The van der Waals surface area contributed by atoms with E-state index in [9.17, 15) is 13.6 Å². The van der Waals surface area contributed by atoms with Crippen LogP contribution in [-0.4, -0.2) is 47.5 Å². The van der Waals surface area contributed by atoms with E-state index < -0.39 is 18.4 Å². The maximum absolute atomic E-state index is 13.1. The Morgan fingerprint density at radius 1 is 1.28 bits per heavy atom. The standard InChI is InChI=1S/C21H24F2N6OS2/c1-9-26-21-18(31-9)16(25)17(32-21)20(30)27-11-3-4-14-10(6-11)2-5-15(28-14)29-7-12(19(22)23)13(24)8-29/h2,5,11-13,19H,3-4,6-8,24-25H2,1H3,(H,27,30). The number of fused-ring (bicyclic) bond motifs is 2. The number of hydrogen-bond acceptors (Lipinski definition) is 8. The van der Waals surface area contributed by atoms with E-state index >= 15 is 0 Å². The summed E-state index contributed by atoms with van der Waals surface area (Å²) in [5.74, 6) is -0.303. The summed E-state index contributed by atoms with van der Waals surface area (Å²) in [5.41, 5.74) is 14.6. The van der Waals surface area contributed by atoms with Crippen LogP contribution in [0.25, 0.3) is 9.53 Å². The van der Waals surface area contributed by atoms with Crippen molar-refractivity contribution in [3.63, 3.8) is 0 Å². The molecule has 0 spiro atoms. The second-order valence-corrected chi connectivity index (χ2v) is 10.7. The van der Waals surface area contributed by atoms with Gasteiger partial charge in [-0.1, -0.05) is 6.07 Å². The van der Waals surface area contributed by atoms with E-state index in [1.165, 1.54) is 22.7 Å². The molecule has 0 radical (unpaired) electrons. The van der Waals surface area contributed by atoms with Gasteiger partial charge in [-0.3, -0.25) is 4.79 Å². The van der Waals surface area contributed by atoms with Gasteiger partial charge in [0, 0.05) is 30.9 Å². The quantitative estimate of drug-likeness (QED) is 0.532. The number of anilines is 2. The number of halogens is 2. The Kier molecular flexibility index (Phi) is 5.50. The molecule has 3 aromatic heterocycles. The van der Waals surface area contributed by atoms with Crippen LogP contribution in [0, 0.1) is 12.8 Å². The molecule has 11 heteroatoms. The summed E-state index contributed by atoms with van der Waals surface area (Å²) in [6.45, 7) is 2.52. The molecule has 1 saturated heterocycles. The number of pyridine rings is 1. The molecular formula is C21H24F2N6OS2. The first-order valence-corrected chi connectivity index (χ1v) is 12.2. The zero-order valence-electron chi connectivity index (χ0n) is 17.5. The molecule has 3 aromatic rings.